The topological polar surface area (TPSA) is 103 Å². The molecule has 1 N–H and O–H groups in total. The fraction of sp³-hybridized carbons (Fsp3) is 0.182. The van der Waals surface area contributed by atoms with E-state index >= 15 is 0 Å². The van der Waals surface area contributed by atoms with Gasteiger partial charge in [0, 0.05) is 22.2 Å². The van der Waals surface area contributed by atoms with E-state index in [-0.39, 0.29) is 12.5 Å². The van der Waals surface area contributed by atoms with Crippen LogP contribution in [-0.4, -0.2) is 25.6 Å². The molecule has 104 valence electrons. The standard InChI is InChI=1S/C11H10BrN5O3/c1-7-13-11(17(19)20)15-16(7)6-10(18)14-9-4-2-8(12)3-5-9/h2-5H,6H2,1H3,(H,14,18). The number of amides is 1. The Morgan fingerprint density at radius 2 is 2.10 bits per heavy atom. The number of carbonyl (C=O) groups is 1. The maximum absolute atomic E-state index is 11.8. The van der Waals surface area contributed by atoms with Crippen molar-refractivity contribution < 1.29 is 9.72 Å². The molecular formula is C11H10BrN5O3. The van der Waals surface area contributed by atoms with Crippen LogP contribution in [-0.2, 0) is 11.3 Å². The summed E-state index contributed by atoms with van der Waals surface area (Å²) in [7, 11) is 0. The zero-order chi connectivity index (χ0) is 14.7. The van der Waals surface area contributed by atoms with Gasteiger partial charge in [-0.1, -0.05) is 15.9 Å². The Bertz CT molecular complexity index is 653. The number of hydrogen-bond donors (Lipinski definition) is 1. The summed E-state index contributed by atoms with van der Waals surface area (Å²) in [5.74, 6) is -0.545. The third-order valence-electron chi connectivity index (χ3n) is 2.43. The molecule has 1 aromatic heterocycles. The molecule has 1 amide bonds. The number of aromatic nitrogens is 3. The lowest BCUT2D eigenvalue weighted by Gasteiger charge is -2.04. The summed E-state index contributed by atoms with van der Waals surface area (Å²) in [5, 5.41) is 16.8. The molecule has 0 saturated carbocycles. The van der Waals surface area contributed by atoms with Crippen molar-refractivity contribution in [2.45, 2.75) is 13.5 Å². The first-order valence-corrected chi connectivity index (χ1v) is 6.36. The number of nitro groups is 1. The van der Waals surface area contributed by atoms with Crippen LogP contribution in [0.1, 0.15) is 5.82 Å². The molecule has 1 aromatic carbocycles. The first kappa shape index (κ1) is 14.1. The number of carbonyl (C=O) groups excluding carboxylic acids is 1. The predicted octanol–water partition coefficient (Wildman–Crippen LogP) is 1.90. The second-order valence-electron chi connectivity index (χ2n) is 3.93. The fourth-order valence-corrected chi connectivity index (χ4v) is 1.77. The summed E-state index contributed by atoms with van der Waals surface area (Å²) in [4.78, 5) is 25.3. The Morgan fingerprint density at radius 3 is 2.65 bits per heavy atom. The van der Waals surface area contributed by atoms with Crippen molar-refractivity contribution in [1.82, 2.24) is 14.8 Å². The lowest BCUT2D eigenvalue weighted by atomic mass is 10.3. The quantitative estimate of drug-likeness (QED) is 0.676. The van der Waals surface area contributed by atoms with Crippen LogP contribution >= 0.6 is 15.9 Å². The highest BCUT2D eigenvalue weighted by Crippen LogP contribution is 2.14. The minimum atomic E-state index is -0.698. The van der Waals surface area contributed by atoms with Gasteiger partial charge in [-0.05, 0) is 34.2 Å². The Balaban J connectivity index is 2.04. The van der Waals surface area contributed by atoms with Gasteiger partial charge in [0.15, 0.2) is 0 Å². The SMILES string of the molecule is Cc1nc([N+](=O)[O-])nn1CC(=O)Nc1ccc(Br)cc1. The highest BCUT2D eigenvalue weighted by atomic mass is 79.9. The highest BCUT2D eigenvalue weighted by Gasteiger charge is 2.19. The smallest absolute Gasteiger partial charge is 0.390 e. The minimum absolute atomic E-state index is 0.136. The van der Waals surface area contributed by atoms with Crippen LogP contribution in [0.4, 0.5) is 11.6 Å². The number of benzene rings is 1. The van der Waals surface area contributed by atoms with Crippen molar-refractivity contribution >= 4 is 33.5 Å². The molecule has 0 fully saturated rings. The Hall–Kier alpha value is -2.29. The van der Waals surface area contributed by atoms with E-state index in [1.165, 1.54) is 4.68 Å². The predicted molar refractivity (Wildman–Crippen MR) is 74.2 cm³/mol. The maximum atomic E-state index is 11.8. The average molecular weight is 340 g/mol. The summed E-state index contributed by atoms with van der Waals surface area (Å²) in [6.07, 6.45) is 0. The molecular weight excluding hydrogens is 330 g/mol. The molecule has 2 aromatic rings. The molecule has 20 heavy (non-hydrogen) atoms. The second kappa shape index (κ2) is 5.78. The number of aryl methyl sites for hydroxylation is 1. The van der Waals surface area contributed by atoms with Gasteiger partial charge in [0.05, 0.1) is 0 Å². The van der Waals surface area contributed by atoms with Gasteiger partial charge < -0.3 is 15.4 Å². The van der Waals surface area contributed by atoms with Crippen molar-refractivity contribution in [3.8, 4) is 0 Å². The van der Waals surface area contributed by atoms with Crippen LogP contribution < -0.4 is 5.32 Å². The number of rotatable bonds is 4. The third kappa shape index (κ3) is 3.38. The Morgan fingerprint density at radius 1 is 1.45 bits per heavy atom. The van der Waals surface area contributed by atoms with Crippen molar-refractivity contribution in [1.29, 1.82) is 0 Å². The fourth-order valence-electron chi connectivity index (χ4n) is 1.50. The van der Waals surface area contributed by atoms with Gasteiger partial charge in [0.25, 0.3) is 0 Å². The highest BCUT2D eigenvalue weighted by molar-refractivity contribution is 9.10. The molecule has 0 aliphatic carbocycles. The number of hydrogen-bond acceptors (Lipinski definition) is 5. The summed E-state index contributed by atoms with van der Waals surface area (Å²) in [6.45, 7) is 1.41. The van der Waals surface area contributed by atoms with Crippen molar-refractivity contribution in [3.05, 3.63) is 44.7 Å². The first-order chi connectivity index (χ1) is 9.45. The summed E-state index contributed by atoms with van der Waals surface area (Å²) >= 11 is 3.29. The molecule has 1 heterocycles. The average Bonchev–Trinajstić information content (AvgIpc) is 2.74. The molecule has 9 heteroatoms. The van der Waals surface area contributed by atoms with Gasteiger partial charge in [-0.2, -0.15) is 4.68 Å². The number of anilines is 1. The van der Waals surface area contributed by atoms with Gasteiger partial charge in [0.1, 0.15) is 6.54 Å². The molecule has 0 aliphatic rings. The number of halogens is 1. The number of nitrogens with zero attached hydrogens (tertiary/aromatic N) is 4. The van der Waals surface area contributed by atoms with E-state index in [0.29, 0.717) is 11.5 Å². The van der Waals surface area contributed by atoms with Gasteiger partial charge in [-0.25, -0.2) is 0 Å². The van der Waals surface area contributed by atoms with Crippen molar-refractivity contribution in [3.63, 3.8) is 0 Å². The molecule has 0 bridgehead atoms. The largest absolute Gasteiger partial charge is 0.491 e. The normalized spacial score (nSPS) is 10.3. The number of nitrogens with one attached hydrogen (secondary N) is 1. The maximum Gasteiger partial charge on any atom is 0.491 e. The van der Waals surface area contributed by atoms with Gasteiger partial charge in [-0.15, -0.1) is 0 Å². The van der Waals surface area contributed by atoms with E-state index in [1.54, 1.807) is 31.2 Å². The summed E-state index contributed by atoms with van der Waals surface area (Å²) in [5.41, 5.74) is 0.630. The van der Waals surface area contributed by atoms with Gasteiger partial charge >= 0.3 is 5.95 Å². The van der Waals surface area contributed by atoms with Crippen LogP contribution in [0.5, 0.6) is 0 Å². The van der Waals surface area contributed by atoms with Crippen molar-refractivity contribution in [2.24, 2.45) is 0 Å². The molecule has 0 aliphatic heterocycles. The van der Waals surface area contributed by atoms with Crippen LogP contribution in [0, 0.1) is 17.0 Å². The minimum Gasteiger partial charge on any atom is -0.390 e. The first-order valence-electron chi connectivity index (χ1n) is 5.57. The van der Waals surface area contributed by atoms with E-state index in [0.717, 1.165) is 4.47 Å². The zero-order valence-electron chi connectivity index (χ0n) is 10.4. The van der Waals surface area contributed by atoms with E-state index in [9.17, 15) is 14.9 Å². The zero-order valence-corrected chi connectivity index (χ0v) is 12.0. The van der Waals surface area contributed by atoms with E-state index in [2.05, 4.69) is 31.3 Å². The molecule has 0 unspecified atom stereocenters. The summed E-state index contributed by atoms with van der Waals surface area (Å²) < 4.78 is 2.09. The monoisotopic (exact) mass is 339 g/mol. The third-order valence-corrected chi connectivity index (χ3v) is 2.96. The van der Waals surface area contributed by atoms with Crippen LogP contribution in [0.2, 0.25) is 0 Å². The van der Waals surface area contributed by atoms with Gasteiger partial charge in [-0.3, -0.25) is 4.79 Å². The van der Waals surface area contributed by atoms with E-state index in [1.807, 2.05) is 0 Å². The van der Waals surface area contributed by atoms with Crippen LogP contribution in [0.3, 0.4) is 0 Å². The van der Waals surface area contributed by atoms with Gasteiger partial charge in [0.2, 0.25) is 11.7 Å². The second-order valence-corrected chi connectivity index (χ2v) is 4.84. The van der Waals surface area contributed by atoms with Crippen molar-refractivity contribution in [2.75, 3.05) is 5.32 Å². The molecule has 0 saturated heterocycles. The van der Waals surface area contributed by atoms with E-state index < -0.39 is 10.9 Å². The lowest BCUT2D eigenvalue weighted by molar-refractivity contribution is -0.394. The molecule has 8 nitrogen and oxygen atoms in total. The molecule has 0 spiro atoms. The Kier molecular flexibility index (Phi) is 4.08. The summed E-state index contributed by atoms with van der Waals surface area (Å²) in [6, 6.07) is 7.06. The van der Waals surface area contributed by atoms with Crippen LogP contribution in [0.15, 0.2) is 28.7 Å². The van der Waals surface area contributed by atoms with Crippen LogP contribution in [0.25, 0.3) is 0 Å². The molecule has 0 radical (unpaired) electrons. The molecule has 0 atom stereocenters. The lowest BCUT2D eigenvalue weighted by Crippen LogP contribution is -2.20. The molecule has 2 rings (SSSR count). The Labute approximate surface area is 122 Å². The van der Waals surface area contributed by atoms with E-state index in [4.69, 9.17) is 0 Å².